The van der Waals surface area contributed by atoms with Gasteiger partial charge in [-0.3, -0.25) is 0 Å². The molecule has 0 saturated heterocycles. The van der Waals surface area contributed by atoms with Gasteiger partial charge in [0.1, 0.15) is 6.10 Å². The number of esters is 1. The standard InChI is InChI=1S/C15H18F2O3/c1-2-10-3-5-11(6-4-10)13(18)14(19)20-12-7-8-15(16,17)9-12/h3-6,12-13,18H,2,7-9H2,1H3. The molecule has 0 aromatic heterocycles. The van der Waals surface area contributed by atoms with E-state index in [4.69, 9.17) is 4.74 Å². The fourth-order valence-corrected chi connectivity index (χ4v) is 2.31. The van der Waals surface area contributed by atoms with Crippen LogP contribution in [0.15, 0.2) is 24.3 Å². The summed E-state index contributed by atoms with van der Waals surface area (Å²) in [5.41, 5.74) is 1.50. The van der Waals surface area contributed by atoms with Crippen LogP contribution in [0.2, 0.25) is 0 Å². The van der Waals surface area contributed by atoms with Gasteiger partial charge in [-0.25, -0.2) is 13.6 Å². The van der Waals surface area contributed by atoms with E-state index in [9.17, 15) is 18.7 Å². The number of benzene rings is 1. The zero-order valence-electron chi connectivity index (χ0n) is 11.3. The quantitative estimate of drug-likeness (QED) is 0.865. The lowest BCUT2D eigenvalue weighted by atomic mass is 10.1. The third-order valence-electron chi connectivity index (χ3n) is 3.57. The third-order valence-corrected chi connectivity index (χ3v) is 3.57. The monoisotopic (exact) mass is 284 g/mol. The van der Waals surface area contributed by atoms with Crippen molar-refractivity contribution >= 4 is 5.97 Å². The van der Waals surface area contributed by atoms with Crippen molar-refractivity contribution in [3.8, 4) is 0 Å². The average Bonchev–Trinajstić information content (AvgIpc) is 2.77. The maximum atomic E-state index is 13.0. The van der Waals surface area contributed by atoms with Gasteiger partial charge in [-0.1, -0.05) is 31.2 Å². The number of carbonyl (C=O) groups is 1. The molecule has 0 heterocycles. The first-order chi connectivity index (χ1) is 9.41. The normalized spacial score (nSPS) is 22.5. The molecule has 20 heavy (non-hydrogen) atoms. The largest absolute Gasteiger partial charge is 0.460 e. The molecule has 1 N–H and O–H groups in total. The molecule has 0 aliphatic heterocycles. The van der Waals surface area contributed by atoms with Crippen LogP contribution in [0.1, 0.15) is 43.4 Å². The van der Waals surface area contributed by atoms with Gasteiger partial charge >= 0.3 is 5.97 Å². The maximum Gasteiger partial charge on any atom is 0.339 e. The molecule has 2 rings (SSSR count). The second kappa shape index (κ2) is 5.87. The van der Waals surface area contributed by atoms with Crippen molar-refractivity contribution < 1.29 is 23.4 Å². The van der Waals surface area contributed by atoms with E-state index < -0.39 is 30.5 Å². The zero-order chi connectivity index (χ0) is 14.8. The van der Waals surface area contributed by atoms with Crippen LogP contribution < -0.4 is 0 Å². The summed E-state index contributed by atoms with van der Waals surface area (Å²) in [7, 11) is 0. The Labute approximate surface area is 116 Å². The average molecular weight is 284 g/mol. The highest BCUT2D eigenvalue weighted by atomic mass is 19.3. The Kier molecular flexibility index (Phi) is 4.38. The minimum absolute atomic E-state index is 0.139. The molecule has 1 saturated carbocycles. The summed E-state index contributed by atoms with van der Waals surface area (Å²) in [6.45, 7) is 2.00. The topological polar surface area (TPSA) is 46.5 Å². The fourth-order valence-electron chi connectivity index (χ4n) is 2.31. The van der Waals surface area contributed by atoms with E-state index in [0.717, 1.165) is 12.0 Å². The van der Waals surface area contributed by atoms with Crippen molar-refractivity contribution in [1.82, 2.24) is 0 Å². The summed E-state index contributed by atoms with van der Waals surface area (Å²) >= 11 is 0. The first-order valence-electron chi connectivity index (χ1n) is 6.76. The smallest absolute Gasteiger partial charge is 0.339 e. The van der Waals surface area contributed by atoms with E-state index in [1.807, 2.05) is 19.1 Å². The van der Waals surface area contributed by atoms with Crippen molar-refractivity contribution in [2.45, 2.75) is 50.7 Å². The molecular weight excluding hydrogens is 266 g/mol. The van der Waals surface area contributed by atoms with E-state index in [1.54, 1.807) is 12.1 Å². The van der Waals surface area contributed by atoms with Crippen LogP contribution in [0.5, 0.6) is 0 Å². The summed E-state index contributed by atoms with van der Waals surface area (Å²) in [5, 5.41) is 9.88. The Bertz CT molecular complexity index is 471. The Balaban J connectivity index is 1.94. The Morgan fingerprint density at radius 1 is 1.45 bits per heavy atom. The number of aliphatic hydroxyl groups excluding tert-OH is 1. The molecular formula is C15H18F2O3. The van der Waals surface area contributed by atoms with Crippen molar-refractivity contribution in [2.75, 3.05) is 0 Å². The van der Waals surface area contributed by atoms with E-state index in [2.05, 4.69) is 0 Å². The maximum absolute atomic E-state index is 13.0. The first kappa shape index (κ1) is 14.9. The van der Waals surface area contributed by atoms with Gasteiger partial charge in [-0.2, -0.15) is 0 Å². The molecule has 0 amide bonds. The van der Waals surface area contributed by atoms with E-state index in [1.165, 1.54) is 0 Å². The molecule has 1 aromatic rings. The second-order valence-corrected chi connectivity index (χ2v) is 5.16. The number of ether oxygens (including phenoxy) is 1. The van der Waals surface area contributed by atoms with Gasteiger partial charge in [0.2, 0.25) is 0 Å². The molecule has 2 atom stereocenters. The number of aryl methyl sites for hydroxylation is 1. The van der Waals surface area contributed by atoms with Crippen molar-refractivity contribution in [3.05, 3.63) is 35.4 Å². The zero-order valence-corrected chi connectivity index (χ0v) is 11.3. The number of aliphatic hydroxyl groups is 1. The van der Waals surface area contributed by atoms with Crippen LogP contribution in [0.25, 0.3) is 0 Å². The molecule has 2 unspecified atom stereocenters. The Hall–Kier alpha value is -1.49. The molecule has 1 fully saturated rings. The Morgan fingerprint density at radius 2 is 2.10 bits per heavy atom. The minimum atomic E-state index is -2.77. The van der Waals surface area contributed by atoms with Gasteiger partial charge < -0.3 is 9.84 Å². The van der Waals surface area contributed by atoms with Gasteiger partial charge in [-0.15, -0.1) is 0 Å². The lowest BCUT2D eigenvalue weighted by Crippen LogP contribution is -2.22. The lowest BCUT2D eigenvalue weighted by Gasteiger charge is -2.16. The van der Waals surface area contributed by atoms with E-state index in [0.29, 0.717) is 5.56 Å². The van der Waals surface area contributed by atoms with Crippen LogP contribution >= 0.6 is 0 Å². The van der Waals surface area contributed by atoms with Gasteiger partial charge in [0.25, 0.3) is 5.92 Å². The molecule has 1 aromatic carbocycles. The van der Waals surface area contributed by atoms with Crippen molar-refractivity contribution in [3.63, 3.8) is 0 Å². The molecule has 5 heteroatoms. The highest BCUT2D eigenvalue weighted by molar-refractivity contribution is 5.76. The number of carbonyl (C=O) groups excluding carboxylic acids is 1. The number of hydrogen-bond acceptors (Lipinski definition) is 3. The molecule has 3 nitrogen and oxygen atoms in total. The number of hydrogen-bond donors (Lipinski definition) is 1. The van der Waals surface area contributed by atoms with Crippen LogP contribution in [0.4, 0.5) is 8.78 Å². The number of rotatable bonds is 4. The summed E-state index contributed by atoms with van der Waals surface area (Å²) in [6, 6.07) is 6.92. The molecule has 110 valence electrons. The van der Waals surface area contributed by atoms with Gasteiger partial charge in [0, 0.05) is 12.8 Å². The fraction of sp³-hybridized carbons (Fsp3) is 0.533. The van der Waals surface area contributed by atoms with Gasteiger partial charge in [-0.05, 0) is 24.0 Å². The van der Waals surface area contributed by atoms with Crippen LogP contribution in [-0.4, -0.2) is 23.1 Å². The highest BCUT2D eigenvalue weighted by Crippen LogP contribution is 2.36. The van der Waals surface area contributed by atoms with E-state index in [-0.39, 0.29) is 12.8 Å². The van der Waals surface area contributed by atoms with Crippen LogP contribution in [-0.2, 0) is 16.0 Å². The van der Waals surface area contributed by atoms with Crippen LogP contribution in [0, 0.1) is 0 Å². The number of halogens is 2. The SMILES string of the molecule is CCc1ccc(C(O)C(=O)OC2CCC(F)(F)C2)cc1. The third kappa shape index (κ3) is 3.54. The molecule has 0 radical (unpaired) electrons. The molecule has 0 bridgehead atoms. The lowest BCUT2D eigenvalue weighted by molar-refractivity contribution is -0.160. The molecule has 1 aliphatic rings. The minimum Gasteiger partial charge on any atom is -0.460 e. The van der Waals surface area contributed by atoms with Gasteiger partial charge in [0.05, 0.1) is 0 Å². The van der Waals surface area contributed by atoms with Gasteiger partial charge in [0.15, 0.2) is 6.10 Å². The van der Waals surface area contributed by atoms with Crippen molar-refractivity contribution in [2.24, 2.45) is 0 Å². The summed E-state index contributed by atoms with van der Waals surface area (Å²) in [5.74, 6) is -3.63. The predicted octanol–water partition coefficient (Wildman–Crippen LogP) is 3.01. The summed E-state index contributed by atoms with van der Waals surface area (Å²) in [4.78, 5) is 11.7. The van der Waals surface area contributed by atoms with E-state index >= 15 is 0 Å². The summed E-state index contributed by atoms with van der Waals surface area (Å²) < 4.78 is 30.9. The Morgan fingerprint density at radius 3 is 2.60 bits per heavy atom. The summed E-state index contributed by atoms with van der Waals surface area (Å²) in [6.07, 6.45) is -1.96. The first-order valence-corrected chi connectivity index (χ1v) is 6.76. The number of alkyl halides is 2. The van der Waals surface area contributed by atoms with Crippen LogP contribution in [0.3, 0.4) is 0 Å². The molecule has 1 aliphatic carbocycles. The van der Waals surface area contributed by atoms with Crippen molar-refractivity contribution in [1.29, 1.82) is 0 Å². The highest BCUT2D eigenvalue weighted by Gasteiger charge is 2.41. The predicted molar refractivity (Wildman–Crippen MR) is 69.5 cm³/mol. The molecule has 0 spiro atoms. The second-order valence-electron chi connectivity index (χ2n) is 5.16.